The van der Waals surface area contributed by atoms with E-state index in [1.807, 2.05) is 4.90 Å². The number of carbonyl (C=O) groups is 2. The van der Waals surface area contributed by atoms with Crippen molar-refractivity contribution in [2.24, 2.45) is 11.8 Å². The van der Waals surface area contributed by atoms with Crippen molar-refractivity contribution in [3.63, 3.8) is 0 Å². The predicted molar refractivity (Wildman–Crippen MR) is 66.9 cm³/mol. The highest BCUT2D eigenvalue weighted by molar-refractivity contribution is 5.80. The average Bonchev–Trinajstić information content (AvgIpc) is 2.83. The third kappa shape index (κ3) is 2.66. The van der Waals surface area contributed by atoms with Gasteiger partial charge in [-0.2, -0.15) is 0 Å². The van der Waals surface area contributed by atoms with Crippen molar-refractivity contribution in [1.82, 2.24) is 10.2 Å². The summed E-state index contributed by atoms with van der Waals surface area (Å²) in [5.41, 5.74) is 0. The summed E-state index contributed by atoms with van der Waals surface area (Å²) in [6.45, 7) is 4.36. The molecule has 0 spiro atoms. The zero-order valence-electron chi connectivity index (χ0n) is 11.1. The number of likely N-dealkylation sites (tertiary alicyclic amines) is 1. The first-order chi connectivity index (χ1) is 8.63. The Balaban J connectivity index is 1.86. The lowest BCUT2D eigenvalue weighted by Gasteiger charge is -2.33. The number of carbonyl (C=O) groups excluding carboxylic acids is 2. The minimum absolute atomic E-state index is 0.0295. The molecule has 0 saturated carbocycles. The van der Waals surface area contributed by atoms with Gasteiger partial charge in [0.1, 0.15) is 0 Å². The quantitative estimate of drug-likeness (QED) is 0.725. The fourth-order valence-corrected chi connectivity index (χ4v) is 2.93. The molecule has 2 aliphatic rings. The van der Waals surface area contributed by atoms with Gasteiger partial charge in [0.05, 0.1) is 18.9 Å². The summed E-state index contributed by atoms with van der Waals surface area (Å²) in [7, 11) is 1.42. The molecule has 2 heterocycles. The zero-order valence-corrected chi connectivity index (χ0v) is 11.1. The number of hydrogen-bond donors (Lipinski definition) is 1. The molecule has 2 atom stereocenters. The second kappa shape index (κ2) is 5.69. The molecule has 0 aliphatic carbocycles. The fourth-order valence-electron chi connectivity index (χ4n) is 2.93. The average molecular weight is 254 g/mol. The highest BCUT2D eigenvalue weighted by Gasteiger charge is 2.35. The number of esters is 1. The van der Waals surface area contributed by atoms with Crippen LogP contribution in [-0.2, 0) is 14.3 Å². The first-order valence-electron chi connectivity index (χ1n) is 6.73. The van der Waals surface area contributed by atoms with Crippen LogP contribution < -0.4 is 5.32 Å². The summed E-state index contributed by atoms with van der Waals surface area (Å²) in [6, 6.07) is 0.274. The molecular formula is C13H22N2O3. The van der Waals surface area contributed by atoms with E-state index < -0.39 is 0 Å². The molecule has 1 N–H and O–H groups in total. The maximum absolute atomic E-state index is 12.3. The van der Waals surface area contributed by atoms with Gasteiger partial charge >= 0.3 is 5.97 Å². The Morgan fingerprint density at radius 1 is 1.22 bits per heavy atom. The van der Waals surface area contributed by atoms with Crippen molar-refractivity contribution in [2.45, 2.75) is 32.2 Å². The number of amides is 1. The van der Waals surface area contributed by atoms with E-state index >= 15 is 0 Å². The fraction of sp³-hybridized carbons (Fsp3) is 0.846. The molecule has 5 heteroatoms. The lowest BCUT2D eigenvalue weighted by atomic mass is 9.94. The summed E-state index contributed by atoms with van der Waals surface area (Å²) >= 11 is 0. The van der Waals surface area contributed by atoms with Gasteiger partial charge in [-0.15, -0.1) is 0 Å². The van der Waals surface area contributed by atoms with Gasteiger partial charge in [-0.25, -0.2) is 0 Å². The van der Waals surface area contributed by atoms with E-state index in [4.69, 9.17) is 4.74 Å². The molecule has 2 unspecified atom stereocenters. The number of piperidine rings is 1. The van der Waals surface area contributed by atoms with Crippen molar-refractivity contribution in [3.8, 4) is 0 Å². The number of nitrogens with one attached hydrogen (secondary N) is 1. The minimum Gasteiger partial charge on any atom is -0.469 e. The van der Waals surface area contributed by atoms with Crippen LogP contribution >= 0.6 is 0 Å². The molecule has 1 amide bonds. The van der Waals surface area contributed by atoms with E-state index in [0.717, 1.165) is 25.8 Å². The van der Waals surface area contributed by atoms with Crippen LogP contribution in [0.15, 0.2) is 0 Å². The maximum Gasteiger partial charge on any atom is 0.308 e. The van der Waals surface area contributed by atoms with Crippen molar-refractivity contribution in [2.75, 3.05) is 26.7 Å². The van der Waals surface area contributed by atoms with Gasteiger partial charge < -0.3 is 15.0 Å². The lowest BCUT2D eigenvalue weighted by Crippen LogP contribution is -2.45. The highest BCUT2D eigenvalue weighted by atomic mass is 16.5. The highest BCUT2D eigenvalue weighted by Crippen LogP contribution is 2.23. The Hall–Kier alpha value is -1.10. The van der Waals surface area contributed by atoms with Crippen LogP contribution in [0.4, 0.5) is 0 Å². The van der Waals surface area contributed by atoms with Crippen LogP contribution in [0, 0.1) is 11.8 Å². The van der Waals surface area contributed by atoms with Crippen LogP contribution in [0.3, 0.4) is 0 Å². The van der Waals surface area contributed by atoms with Crippen molar-refractivity contribution < 1.29 is 14.3 Å². The second-order valence-corrected chi connectivity index (χ2v) is 5.26. The molecule has 0 radical (unpaired) electrons. The largest absolute Gasteiger partial charge is 0.469 e. The molecule has 2 fully saturated rings. The summed E-state index contributed by atoms with van der Waals surface area (Å²) in [6.07, 6.45) is 2.39. The number of methoxy groups -OCH3 is 1. The minimum atomic E-state index is -0.141. The number of hydrogen-bond acceptors (Lipinski definition) is 4. The zero-order chi connectivity index (χ0) is 13.1. The molecule has 2 rings (SSSR count). The molecule has 2 saturated heterocycles. The Morgan fingerprint density at radius 2 is 1.89 bits per heavy atom. The summed E-state index contributed by atoms with van der Waals surface area (Å²) in [4.78, 5) is 25.7. The molecule has 102 valence electrons. The molecule has 0 aromatic heterocycles. The third-order valence-electron chi connectivity index (χ3n) is 4.18. The van der Waals surface area contributed by atoms with E-state index in [1.165, 1.54) is 7.11 Å². The Bertz CT molecular complexity index is 324. The lowest BCUT2D eigenvalue weighted by molar-refractivity contribution is -0.149. The summed E-state index contributed by atoms with van der Waals surface area (Å²) in [5.74, 6) is 0.187. The van der Waals surface area contributed by atoms with Crippen molar-refractivity contribution >= 4 is 11.9 Å². The third-order valence-corrected chi connectivity index (χ3v) is 4.18. The van der Waals surface area contributed by atoms with E-state index in [-0.39, 0.29) is 29.8 Å². The van der Waals surface area contributed by atoms with Gasteiger partial charge in [-0.05, 0) is 32.7 Å². The van der Waals surface area contributed by atoms with Gasteiger partial charge in [0.2, 0.25) is 5.91 Å². The second-order valence-electron chi connectivity index (χ2n) is 5.26. The first kappa shape index (κ1) is 13.3. The SMILES string of the molecule is COC(=O)C1CCN(C(=O)C2CCNC2C)CC1. The smallest absolute Gasteiger partial charge is 0.308 e. The van der Waals surface area contributed by atoms with Crippen molar-refractivity contribution in [1.29, 1.82) is 0 Å². The van der Waals surface area contributed by atoms with E-state index in [0.29, 0.717) is 13.1 Å². The van der Waals surface area contributed by atoms with Crippen LogP contribution in [-0.4, -0.2) is 49.6 Å². The van der Waals surface area contributed by atoms with Crippen LogP contribution in [0.1, 0.15) is 26.2 Å². The van der Waals surface area contributed by atoms with E-state index in [9.17, 15) is 9.59 Å². The number of nitrogens with zero attached hydrogens (tertiary/aromatic N) is 1. The Kier molecular flexibility index (Phi) is 4.22. The monoisotopic (exact) mass is 254 g/mol. The van der Waals surface area contributed by atoms with Crippen LogP contribution in [0.5, 0.6) is 0 Å². The van der Waals surface area contributed by atoms with E-state index in [2.05, 4.69) is 12.2 Å². The molecule has 0 aromatic rings. The molecule has 2 aliphatic heterocycles. The number of rotatable bonds is 2. The molecule has 0 bridgehead atoms. The first-order valence-corrected chi connectivity index (χ1v) is 6.73. The normalized spacial score (nSPS) is 29.3. The van der Waals surface area contributed by atoms with E-state index in [1.54, 1.807) is 0 Å². The Morgan fingerprint density at radius 3 is 2.39 bits per heavy atom. The molecule has 18 heavy (non-hydrogen) atoms. The van der Waals surface area contributed by atoms with Gasteiger partial charge in [-0.1, -0.05) is 0 Å². The van der Waals surface area contributed by atoms with Gasteiger partial charge in [0.15, 0.2) is 0 Å². The summed E-state index contributed by atoms with van der Waals surface area (Å²) < 4.78 is 4.75. The topological polar surface area (TPSA) is 58.6 Å². The van der Waals surface area contributed by atoms with Crippen LogP contribution in [0.25, 0.3) is 0 Å². The van der Waals surface area contributed by atoms with Gasteiger partial charge in [0.25, 0.3) is 0 Å². The number of ether oxygens (including phenoxy) is 1. The molecule has 0 aromatic carbocycles. The standard InChI is InChI=1S/C13H22N2O3/c1-9-11(3-6-14-9)12(16)15-7-4-10(5-8-15)13(17)18-2/h9-11,14H,3-8H2,1-2H3. The molecular weight excluding hydrogens is 232 g/mol. The van der Waals surface area contributed by atoms with Gasteiger partial charge in [0, 0.05) is 19.1 Å². The van der Waals surface area contributed by atoms with Crippen LogP contribution in [0.2, 0.25) is 0 Å². The predicted octanol–water partition coefficient (Wildman–Crippen LogP) is 0.396. The molecule has 5 nitrogen and oxygen atoms in total. The summed E-state index contributed by atoms with van der Waals surface area (Å²) in [5, 5.41) is 3.30. The van der Waals surface area contributed by atoms with Gasteiger partial charge in [-0.3, -0.25) is 9.59 Å². The Labute approximate surface area is 108 Å². The maximum atomic E-state index is 12.3. The van der Waals surface area contributed by atoms with Crippen molar-refractivity contribution in [3.05, 3.63) is 0 Å².